The SMILES string of the molecule is NS(=O)(=O)c1ccc(NC(=O)C(=O)Nc2ccc(Nc3ccccc3)cc2)cc1. The van der Waals surface area contributed by atoms with Gasteiger partial charge in [-0.1, -0.05) is 18.2 Å². The molecule has 29 heavy (non-hydrogen) atoms. The normalized spacial score (nSPS) is 10.8. The van der Waals surface area contributed by atoms with Crippen LogP contribution >= 0.6 is 0 Å². The monoisotopic (exact) mass is 410 g/mol. The maximum atomic E-state index is 12.1. The van der Waals surface area contributed by atoms with Gasteiger partial charge < -0.3 is 16.0 Å². The molecule has 3 rings (SSSR count). The minimum Gasteiger partial charge on any atom is -0.356 e. The fourth-order valence-electron chi connectivity index (χ4n) is 2.43. The molecule has 0 aliphatic carbocycles. The van der Waals surface area contributed by atoms with Crippen molar-refractivity contribution in [1.29, 1.82) is 0 Å². The van der Waals surface area contributed by atoms with E-state index in [0.29, 0.717) is 5.69 Å². The van der Waals surface area contributed by atoms with Gasteiger partial charge in [-0.25, -0.2) is 13.6 Å². The highest BCUT2D eigenvalue weighted by Crippen LogP contribution is 2.19. The van der Waals surface area contributed by atoms with Crippen LogP contribution in [0.2, 0.25) is 0 Å². The Kier molecular flexibility index (Phi) is 5.91. The van der Waals surface area contributed by atoms with Crippen LogP contribution in [0.25, 0.3) is 0 Å². The van der Waals surface area contributed by atoms with Crippen molar-refractivity contribution in [1.82, 2.24) is 0 Å². The summed E-state index contributed by atoms with van der Waals surface area (Å²) in [7, 11) is -3.83. The van der Waals surface area contributed by atoms with Gasteiger partial charge in [0.15, 0.2) is 0 Å². The zero-order valence-corrected chi connectivity index (χ0v) is 15.9. The van der Waals surface area contributed by atoms with E-state index in [1.54, 1.807) is 24.3 Å². The second-order valence-corrected chi connectivity index (χ2v) is 7.61. The first-order chi connectivity index (χ1) is 13.8. The third-order valence-electron chi connectivity index (χ3n) is 3.85. The number of nitrogens with two attached hydrogens (primary N) is 1. The number of sulfonamides is 1. The topological polar surface area (TPSA) is 130 Å². The highest BCUT2D eigenvalue weighted by molar-refractivity contribution is 7.89. The molecule has 0 bridgehead atoms. The lowest BCUT2D eigenvalue weighted by Gasteiger charge is -2.09. The summed E-state index contributed by atoms with van der Waals surface area (Å²) in [6, 6.07) is 21.6. The van der Waals surface area contributed by atoms with E-state index in [-0.39, 0.29) is 10.6 Å². The van der Waals surface area contributed by atoms with Gasteiger partial charge in [0.2, 0.25) is 10.0 Å². The van der Waals surface area contributed by atoms with Crippen LogP contribution in [0.3, 0.4) is 0 Å². The number of anilines is 4. The molecule has 8 nitrogen and oxygen atoms in total. The third kappa shape index (κ3) is 5.64. The summed E-state index contributed by atoms with van der Waals surface area (Å²) in [5, 5.41) is 13.1. The van der Waals surface area contributed by atoms with Gasteiger partial charge in [-0.15, -0.1) is 0 Å². The van der Waals surface area contributed by atoms with E-state index in [0.717, 1.165) is 11.4 Å². The lowest BCUT2D eigenvalue weighted by Crippen LogP contribution is -2.29. The Morgan fingerprint density at radius 1 is 0.621 bits per heavy atom. The van der Waals surface area contributed by atoms with Crippen molar-refractivity contribution in [2.75, 3.05) is 16.0 Å². The molecular weight excluding hydrogens is 392 g/mol. The first-order valence-electron chi connectivity index (χ1n) is 8.48. The van der Waals surface area contributed by atoms with Gasteiger partial charge in [-0.3, -0.25) is 9.59 Å². The number of primary sulfonamides is 1. The van der Waals surface area contributed by atoms with Crippen LogP contribution < -0.4 is 21.1 Å². The number of rotatable bonds is 5. The zero-order chi connectivity index (χ0) is 20.9. The smallest absolute Gasteiger partial charge is 0.314 e. The van der Waals surface area contributed by atoms with Crippen LogP contribution in [0, 0.1) is 0 Å². The van der Waals surface area contributed by atoms with Gasteiger partial charge in [0.25, 0.3) is 0 Å². The largest absolute Gasteiger partial charge is 0.356 e. The quantitative estimate of drug-likeness (QED) is 0.480. The van der Waals surface area contributed by atoms with Crippen molar-refractivity contribution < 1.29 is 18.0 Å². The van der Waals surface area contributed by atoms with Crippen LogP contribution in [-0.4, -0.2) is 20.2 Å². The first-order valence-corrected chi connectivity index (χ1v) is 10.0. The van der Waals surface area contributed by atoms with Crippen molar-refractivity contribution >= 4 is 44.6 Å². The molecule has 0 heterocycles. The van der Waals surface area contributed by atoms with Gasteiger partial charge >= 0.3 is 11.8 Å². The lowest BCUT2D eigenvalue weighted by molar-refractivity contribution is -0.132. The Hall–Kier alpha value is -3.69. The summed E-state index contributed by atoms with van der Waals surface area (Å²) in [6.45, 7) is 0. The second kappa shape index (κ2) is 8.55. The Balaban J connectivity index is 1.57. The van der Waals surface area contributed by atoms with Gasteiger partial charge in [0, 0.05) is 22.7 Å². The summed E-state index contributed by atoms with van der Waals surface area (Å²) in [4.78, 5) is 24.0. The highest BCUT2D eigenvalue weighted by atomic mass is 32.2. The van der Waals surface area contributed by atoms with Crippen LogP contribution in [0.15, 0.2) is 83.8 Å². The first kappa shape index (κ1) is 20.1. The van der Waals surface area contributed by atoms with E-state index in [1.807, 2.05) is 30.3 Å². The van der Waals surface area contributed by atoms with Gasteiger partial charge in [0.05, 0.1) is 4.90 Å². The summed E-state index contributed by atoms with van der Waals surface area (Å²) in [5.74, 6) is -1.75. The van der Waals surface area contributed by atoms with Crippen LogP contribution in [0.5, 0.6) is 0 Å². The number of carbonyl (C=O) groups is 2. The fourth-order valence-corrected chi connectivity index (χ4v) is 2.94. The van der Waals surface area contributed by atoms with Crippen molar-refractivity contribution in [3.05, 3.63) is 78.9 Å². The number of hydrogen-bond donors (Lipinski definition) is 4. The Morgan fingerprint density at radius 3 is 1.52 bits per heavy atom. The number of nitrogens with one attached hydrogen (secondary N) is 3. The summed E-state index contributed by atoms with van der Waals surface area (Å²) in [6.07, 6.45) is 0. The number of carbonyl (C=O) groups excluding carboxylic acids is 2. The van der Waals surface area contributed by atoms with E-state index in [4.69, 9.17) is 5.14 Å². The molecule has 148 valence electrons. The minimum atomic E-state index is -3.83. The standard InChI is InChI=1S/C20H18N4O4S/c21-29(27,28)18-12-10-17(11-13-18)24-20(26)19(25)23-16-8-6-15(7-9-16)22-14-4-2-1-3-5-14/h1-13,22H,(H,23,25)(H,24,26)(H2,21,27,28). The van der Waals surface area contributed by atoms with Gasteiger partial charge in [-0.2, -0.15) is 0 Å². The van der Waals surface area contributed by atoms with Crippen molar-refractivity contribution in [3.63, 3.8) is 0 Å². The van der Waals surface area contributed by atoms with E-state index < -0.39 is 21.8 Å². The van der Waals surface area contributed by atoms with Gasteiger partial charge in [0.1, 0.15) is 0 Å². The molecule has 0 fully saturated rings. The predicted octanol–water partition coefficient (Wildman–Crippen LogP) is 2.65. The minimum absolute atomic E-state index is 0.0934. The Bertz CT molecular complexity index is 1110. The predicted molar refractivity (Wildman–Crippen MR) is 111 cm³/mol. The molecule has 0 radical (unpaired) electrons. The molecule has 9 heteroatoms. The Labute approximate surface area is 167 Å². The summed E-state index contributed by atoms with van der Waals surface area (Å²) < 4.78 is 22.5. The molecule has 5 N–H and O–H groups in total. The van der Waals surface area contributed by atoms with E-state index in [2.05, 4.69) is 16.0 Å². The van der Waals surface area contributed by atoms with E-state index >= 15 is 0 Å². The summed E-state index contributed by atoms with van der Waals surface area (Å²) >= 11 is 0. The number of benzene rings is 3. The molecule has 0 aromatic heterocycles. The molecular formula is C20H18N4O4S. The molecule has 0 saturated heterocycles. The number of amides is 2. The van der Waals surface area contributed by atoms with Crippen LogP contribution in [0.4, 0.5) is 22.7 Å². The molecule has 3 aromatic carbocycles. The summed E-state index contributed by atoms with van der Waals surface area (Å²) in [5.41, 5.74) is 2.47. The van der Waals surface area contributed by atoms with E-state index in [9.17, 15) is 18.0 Å². The fraction of sp³-hybridized carbons (Fsp3) is 0. The average Bonchev–Trinajstić information content (AvgIpc) is 2.70. The molecule has 0 unspecified atom stereocenters. The molecule has 0 aliphatic heterocycles. The molecule has 3 aromatic rings. The van der Waals surface area contributed by atoms with Crippen molar-refractivity contribution in [3.8, 4) is 0 Å². The van der Waals surface area contributed by atoms with Crippen LogP contribution in [-0.2, 0) is 19.6 Å². The maximum absolute atomic E-state index is 12.1. The third-order valence-corrected chi connectivity index (χ3v) is 4.78. The molecule has 0 spiro atoms. The Morgan fingerprint density at radius 2 is 1.03 bits per heavy atom. The molecule has 2 amide bonds. The zero-order valence-electron chi connectivity index (χ0n) is 15.1. The maximum Gasteiger partial charge on any atom is 0.314 e. The molecule has 0 saturated carbocycles. The van der Waals surface area contributed by atoms with Crippen LogP contribution in [0.1, 0.15) is 0 Å². The lowest BCUT2D eigenvalue weighted by atomic mass is 10.2. The van der Waals surface area contributed by atoms with E-state index in [1.165, 1.54) is 24.3 Å². The van der Waals surface area contributed by atoms with Crippen molar-refractivity contribution in [2.24, 2.45) is 5.14 Å². The van der Waals surface area contributed by atoms with Crippen molar-refractivity contribution in [2.45, 2.75) is 4.90 Å². The number of hydrogen-bond acceptors (Lipinski definition) is 5. The average molecular weight is 410 g/mol. The molecule has 0 atom stereocenters. The number of para-hydroxylation sites is 1. The van der Waals surface area contributed by atoms with Gasteiger partial charge in [-0.05, 0) is 60.7 Å². The second-order valence-electron chi connectivity index (χ2n) is 6.05. The highest BCUT2D eigenvalue weighted by Gasteiger charge is 2.15. The molecule has 0 aliphatic rings.